The van der Waals surface area contributed by atoms with Crippen LogP contribution in [0.4, 0.5) is 0 Å². The van der Waals surface area contributed by atoms with Crippen molar-refractivity contribution >= 4 is 17.1 Å². The van der Waals surface area contributed by atoms with E-state index in [2.05, 4.69) is 11.1 Å². The first-order chi connectivity index (χ1) is 8.77. The lowest BCUT2D eigenvalue weighted by molar-refractivity contribution is 0.0980. The van der Waals surface area contributed by atoms with Crippen LogP contribution in [0.5, 0.6) is 0 Å². The second-order valence-corrected chi connectivity index (χ2v) is 4.73. The van der Waals surface area contributed by atoms with E-state index in [9.17, 15) is 10.1 Å². The highest BCUT2D eigenvalue weighted by Crippen LogP contribution is 2.25. The summed E-state index contributed by atoms with van der Waals surface area (Å²) in [6, 6.07) is 9.26. The highest BCUT2D eigenvalue weighted by Gasteiger charge is 2.25. The molecule has 2 aromatic rings. The van der Waals surface area contributed by atoms with Gasteiger partial charge in [-0.25, -0.2) is 0 Å². The van der Waals surface area contributed by atoms with Crippen molar-refractivity contribution in [3.8, 4) is 6.07 Å². The number of hydrogen-bond acceptors (Lipinski definition) is 4. The van der Waals surface area contributed by atoms with E-state index in [1.807, 2.05) is 18.4 Å². The first-order valence-corrected chi connectivity index (χ1v) is 6.57. The molecule has 1 unspecified atom stereocenters. The molecule has 0 amide bonds. The monoisotopic (exact) mass is 256 g/mol. The second kappa shape index (κ2) is 5.56. The van der Waals surface area contributed by atoms with Gasteiger partial charge in [-0.3, -0.25) is 9.78 Å². The summed E-state index contributed by atoms with van der Waals surface area (Å²) >= 11 is 1.39. The number of ketones is 1. The largest absolute Gasteiger partial charge is 0.291 e. The topological polar surface area (TPSA) is 53.8 Å². The summed E-state index contributed by atoms with van der Waals surface area (Å²) in [5.74, 6) is -0.960. The molecule has 0 fully saturated rings. The van der Waals surface area contributed by atoms with Gasteiger partial charge in [0.25, 0.3) is 0 Å². The van der Waals surface area contributed by atoms with Gasteiger partial charge < -0.3 is 0 Å². The first-order valence-electron chi connectivity index (χ1n) is 5.69. The number of carbonyl (C=O) groups excluding carboxylic acids is 1. The van der Waals surface area contributed by atoms with Crippen LogP contribution in [0.3, 0.4) is 0 Å². The molecule has 2 heterocycles. The fourth-order valence-electron chi connectivity index (χ4n) is 1.77. The summed E-state index contributed by atoms with van der Waals surface area (Å²) in [5, 5.41) is 11.1. The molecule has 0 saturated carbocycles. The first kappa shape index (κ1) is 12.5. The summed E-state index contributed by atoms with van der Waals surface area (Å²) < 4.78 is 0. The highest BCUT2D eigenvalue weighted by molar-refractivity contribution is 7.12. The van der Waals surface area contributed by atoms with Crippen molar-refractivity contribution in [2.75, 3.05) is 0 Å². The summed E-state index contributed by atoms with van der Waals surface area (Å²) in [6.07, 6.45) is 2.40. The van der Waals surface area contributed by atoms with Crippen LogP contribution < -0.4 is 0 Å². The van der Waals surface area contributed by atoms with Gasteiger partial charge in [-0.05, 0) is 35.6 Å². The van der Waals surface area contributed by atoms with Crippen LogP contribution in [0.25, 0.3) is 0 Å². The summed E-state index contributed by atoms with van der Waals surface area (Å²) in [5.41, 5.74) is 1.52. The van der Waals surface area contributed by atoms with Crippen molar-refractivity contribution in [2.24, 2.45) is 0 Å². The minimum atomic E-state index is -0.810. The molecule has 0 N–H and O–H groups in total. The Morgan fingerprint density at radius 1 is 1.50 bits per heavy atom. The van der Waals surface area contributed by atoms with Crippen molar-refractivity contribution < 1.29 is 4.79 Å². The molecule has 0 aliphatic carbocycles. The average molecular weight is 256 g/mol. The van der Waals surface area contributed by atoms with Gasteiger partial charge in [0.15, 0.2) is 11.7 Å². The van der Waals surface area contributed by atoms with E-state index >= 15 is 0 Å². The molecule has 1 atom stereocenters. The van der Waals surface area contributed by atoms with Gasteiger partial charge in [-0.15, -0.1) is 11.3 Å². The van der Waals surface area contributed by atoms with E-state index in [-0.39, 0.29) is 5.78 Å². The van der Waals surface area contributed by atoms with Crippen molar-refractivity contribution in [1.82, 2.24) is 4.98 Å². The summed E-state index contributed by atoms with van der Waals surface area (Å²) in [7, 11) is 0. The van der Waals surface area contributed by atoms with Crippen LogP contribution in [-0.2, 0) is 6.42 Å². The molecule has 0 aliphatic heterocycles. The molecule has 0 saturated heterocycles. The molecule has 0 spiro atoms. The number of hydrogen-bond donors (Lipinski definition) is 0. The third-order valence-corrected chi connectivity index (χ3v) is 3.70. The Bertz CT molecular complexity index is 583. The predicted molar refractivity (Wildman–Crippen MR) is 70.6 cm³/mol. The number of pyridine rings is 1. The normalized spacial score (nSPS) is 11.8. The van der Waals surface area contributed by atoms with Crippen LogP contribution in [0, 0.1) is 11.3 Å². The number of aromatic nitrogens is 1. The van der Waals surface area contributed by atoms with Gasteiger partial charge in [0.05, 0.1) is 16.6 Å². The zero-order chi connectivity index (χ0) is 13.0. The van der Waals surface area contributed by atoms with Crippen LogP contribution in [0.1, 0.15) is 33.8 Å². The Balaban J connectivity index is 2.36. The van der Waals surface area contributed by atoms with E-state index < -0.39 is 5.92 Å². The number of Topliss-reactive ketones (excluding diaryl/α,β-unsaturated/α-hetero) is 1. The molecular weight excluding hydrogens is 244 g/mol. The minimum absolute atomic E-state index is 0.150. The fraction of sp³-hybridized carbons (Fsp3) is 0.214. The molecule has 0 radical (unpaired) electrons. The number of nitrogens with zero attached hydrogens (tertiary/aromatic N) is 2. The van der Waals surface area contributed by atoms with Gasteiger partial charge in [0, 0.05) is 6.20 Å². The second-order valence-electron chi connectivity index (χ2n) is 3.81. The lowest BCUT2D eigenvalue weighted by atomic mass is 9.98. The Morgan fingerprint density at radius 2 is 2.33 bits per heavy atom. The van der Waals surface area contributed by atoms with Crippen molar-refractivity contribution in [2.45, 2.75) is 19.3 Å². The molecule has 0 aromatic carbocycles. The zero-order valence-electron chi connectivity index (χ0n) is 9.96. The Labute approximate surface area is 110 Å². The van der Waals surface area contributed by atoms with Gasteiger partial charge >= 0.3 is 0 Å². The number of carbonyl (C=O) groups is 1. The van der Waals surface area contributed by atoms with E-state index in [1.165, 1.54) is 11.3 Å². The smallest absolute Gasteiger partial charge is 0.196 e. The lowest BCUT2D eigenvalue weighted by Crippen LogP contribution is -2.12. The third-order valence-electron chi connectivity index (χ3n) is 2.73. The number of nitriles is 1. The van der Waals surface area contributed by atoms with Crippen LogP contribution in [-0.4, -0.2) is 10.8 Å². The average Bonchev–Trinajstić information content (AvgIpc) is 2.89. The minimum Gasteiger partial charge on any atom is -0.291 e. The molecular formula is C14H12N2OS. The van der Waals surface area contributed by atoms with Crippen molar-refractivity contribution in [3.05, 3.63) is 52.0 Å². The van der Waals surface area contributed by atoms with Gasteiger partial charge in [-0.1, -0.05) is 13.0 Å². The number of thiophene rings is 1. The lowest BCUT2D eigenvalue weighted by Gasteiger charge is -2.07. The Hall–Kier alpha value is -1.99. The predicted octanol–water partition coefficient (Wildman–Crippen LogP) is 3.20. The molecule has 0 bridgehead atoms. The molecule has 18 heavy (non-hydrogen) atoms. The molecule has 90 valence electrons. The summed E-state index contributed by atoms with van der Waals surface area (Å²) in [6.45, 7) is 2.00. The zero-order valence-corrected chi connectivity index (χ0v) is 10.8. The van der Waals surface area contributed by atoms with E-state index in [0.717, 1.165) is 12.0 Å². The molecule has 0 aliphatic rings. The summed E-state index contributed by atoms with van der Waals surface area (Å²) in [4.78, 5) is 17.1. The van der Waals surface area contributed by atoms with Crippen molar-refractivity contribution in [1.29, 1.82) is 5.26 Å². The molecule has 2 rings (SSSR count). The van der Waals surface area contributed by atoms with E-state index in [0.29, 0.717) is 10.6 Å². The third kappa shape index (κ3) is 2.31. The highest BCUT2D eigenvalue weighted by atomic mass is 32.1. The standard InChI is InChI=1S/C14H12N2OS/c1-2-10-6-8-18-14(10)13(17)11(9-15)12-5-3-4-7-16-12/h3-8,11H,2H2,1H3. The van der Waals surface area contributed by atoms with E-state index in [4.69, 9.17) is 0 Å². The molecule has 3 nitrogen and oxygen atoms in total. The maximum atomic E-state index is 12.4. The van der Waals surface area contributed by atoms with Gasteiger partial charge in [0.1, 0.15) is 0 Å². The van der Waals surface area contributed by atoms with Crippen LogP contribution in [0.2, 0.25) is 0 Å². The maximum Gasteiger partial charge on any atom is 0.196 e. The fourth-order valence-corrected chi connectivity index (χ4v) is 2.73. The van der Waals surface area contributed by atoms with Gasteiger partial charge in [-0.2, -0.15) is 5.26 Å². The molecule has 2 aromatic heterocycles. The van der Waals surface area contributed by atoms with Crippen LogP contribution >= 0.6 is 11.3 Å². The van der Waals surface area contributed by atoms with Gasteiger partial charge in [0.2, 0.25) is 0 Å². The van der Waals surface area contributed by atoms with Crippen molar-refractivity contribution in [3.63, 3.8) is 0 Å². The number of aryl methyl sites for hydroxylation is 1. The number of rotatable bonds is 4. The van der Waals surface area contributed by atoms with E-state index in [1.54, 1.807) is 24.4 Å². The maximum absolute atomic E-state index is 12.4. The Morgan fingerprint density at radius 3 is 2.94 bits per heavy atom. The SMILES string of the molecule is CCc1ccsc1C(=O)C(C#N)c1ccccn1. The van der Waals surface area contributed by atoms with Crippen LogP contribution in [0.15, 0.2) is 35.8 Å². The molecule has 4 heteroatoms. The Kier molecular flexibility index (Phi) is 3.85. The quantitative estimate of drug-likeness (QED) is 0.789.